The molecule has 4 nitrogen and oxygen atoms in total. The molecule has 168 valence electrons. The van der Waals surface area contributed by atoms with E-state index in [2.05, 4.69) is 21.2 Å². The van der Waals surface area contributed by atoms with Gasteiger partial charge in [-0.05, 0) is 48.2 Å². The molecule has 2 aromatic rings. The molecule has 1 N–H and O–H groups in total. The molecule has 0 saturated carbocycles. The van der Waals surface area contributed by atoms with Crippen molar-refractivity contribution in [2.75, 3.05) is 12.3 Å². The van der Waals surface area contributed by atoms with Crippen LogP contribution in [0, 0.1) is 5.92 Å². The molecule has 0 spiro atoms. The number of amides is 2. The normalized spacial score (nSPS) is 12.0. The van der Waals surface area contributed by atoms with Crippen molar-refractivity contribution >= 4 is 62.7 Å². The van der Waals surface area contributed by atoms with Gasteiger partial charge in [0.25, 0.3) is 0 Å². The van der Waals surface area contributed by atoms with E-state index in [1.807, 2.05) is 44.2 Å². The summed E-state index contributed by atoms with van der Waals surface area (Å²) >= 11 is 17.1. The van der Waals surface area contributed by atoms with Gasteiger partial charge in [-0.2, -0.15) is 0 Å². The Morgan fingerprint density at radius 3 is 2.39 bits per heavy atom. The van der Waals surface area contributed by atoms with Gasteiger partial charge in [-0.15, -0.1) is 11.8 Å². The summed E-state index contributed by atoms with van der Waals surface area (Å²) in [5.41, 5.74) is 1.89. The minimum Gasteiger partial charge on any atom is -0.354 e. The molecule has 0 fully saturated rings. The van der Waals surface area contributed by atoms with Crippen LogP contribution in [-0.2, 0) is 21.9 Å². The van der Waals surface area contributed by atoms with E-state index in [1.54, 1.807) is 24.0 Å². The van der Waals surface area contributed by atoms with Gasteiger partial charge >= 0.3 is 0 Å². The van der Waals surface area contributed by atoms with Crippen LogP contribution in [-0.4, -0.2) is 35.1 Å². The van der Waals surface area contributed by atoms with Crippen LogP contribution >= 0.6 is 50.9 Å². The molecule has 2 aromatic carbocycles. The molecule has 0 saturated heterocycles. The molecule has 0 aromatic heterocycles. The third kappa shape index (κ3) is 8.68. The highest BCUT2D eigenvalue weighted by atomic mass is 79.9. The Kier molecular flexibility index (Phi) is 10.7. The Balaban J connectivity index is 2.07. The van der Waals surface area contributed by atoms with Gasteiger partial charge in [0.2, 0.25) is 11.8 Å². The maximum atomic E-state index is 13.1. The zero-order chi connectivity index (χ0) is 23.0. The van der Waals surface area contributed by atoms with Crippen molar-refractivity contribution in [3.8, 4) is 0 Å². The molecule has 0 aliphatic carbocycles. The first-order valence-corrected chi connectivity index (χ1v) is 12.7. The predicted octanol–water partition coefficient (Wildman–Crippen LogP) is 6.18. The lowest BCUT2D eigenvalue weighted by atomic mass is 10.1. The Labute approximate surface area is 207 Å². The zero-order valence-corrected chi connectivity index (χ0v) is 21.7. The molecule has 1 atom stereocenters. The van der Waals surface area contributed by atoms with Crippen LogP contribution in [0.15, 0.2) is 46.9 Å². The first kappa shape index (κ1) is 26.0. The SMILES string of the molecule is CC(C)CNC(=O)[C@H](C)N(Cc1ccc(Br)cc1)C(=O)CSCc1ccc(Cl)cc1Cl. The van der Waals surface area contributed by atoms with Crippen molar-refractivity contribution < 1.29 is 9.59 Å². The zero-order valence-electron chi connectivity index (χ0n) is 17.8. The summed E-state index contributed by atoms with van der Waals surface area (Å²) < 4.78 is 0.965. The summed E-state index contributed by atoms with van der Waals surface area (Å²) in [4.78, 5) is 27.4. The number of hydrogen-bond acceptors (Lipinski definition) is 3. The van der Waals surface area contributed by atoms with Crippen LogP contribution in [0.5, 0.6) is 0 Å². The lowest BCUT2D eigenvalue weighted by Crippen LogP contribution is -2.48. The van der Waals surface area contributed by atoms with E-state index in [0.29, 0.717) is 34.8 Å². The van der Waals surface area contributed by atoms with E-state index in [4.69, 9.17) is 23.2 Å². The van der Waals surface area contributed by atoms with Gasteiger partial charge in [0.15, 0.2) is 0 Å². The van der Waals surface area contributed by atoms with Gasteiger partial charge < -0.3 is 10.2 Å². The van der Waals surface area contributed by atoms with Crippen molar-refractivity contribution in [2.24, 2.45) is 5.92 Å². The molecule has 2 rings (SSSR count). The minimum absolute atomic E-state index is 0.0924. The van der Waals surface area contributed by atoms with E-state index < -0.39 is 6.04 Å². The van der Waals surface area contributed by atoms with Gasteiger partial charge in [-0.3, -0.25) is 9.59 Å². The number of rotatable bonds is 10. The van der Waals surface area contributed by atoms with Crippen molar-refractivity contribution in [3.05, 3.63) is 68.1 Å². The third-order valence-corrected chi connectivity index (χ3v) is 6.70. The van der Waals surface area contributed by atoms with Gasteiger partial charge in [0.05, 0.1) is 5.75 Å². The van der Waals surface area contributed by atoms with Gasteiger partial charge in [-0.25, -0.2) is 0 Å². The number of halogens is 3. The molecule has 0 radical (unpaired) electrons. The number of hydrogen-bond donors (Lipinski definition) is 1. The van der Waals surface area contributed by atoms with Crippen molar-refractivity contribution in [1.82, 2.24) is 10.2 Å². The number of thioether (sulfide) groups is 1. The van der Waals surface area contributed by atoms with E-state index in [0.717, 1.165) is 15.6 Å². The average molecular weight is 546 g/mol. The number of nitrogens with zero attached hydrogens (tertiary/aromatic N) is 1. The second kappa shape index (κ2) is 12.7. The molecular weight excluding hydrogens is 519 g/mol. The average Bonchev–Trinajstić information content (AvgIpc) is 2.72. The van der Waals surface area contributed by atoms with Gasteiger partial charge in [-0.1, -0.05) is 71.2 Å². The number of nitrogens with one attached hydrogen (secondary N) is 1. The van der Waals surface area contributed by atoms with E-state index in [1.165, 1.54) is 11.8 Å². The second-order valence-corrected chi connectivity index (χ2v) is 10.4. The van der Waals surface area contributed by atoms with Crippen LogP contribution in [0.2, 0.25) is 10.0 Å². The van der Waals surface area contributed by atoms with Crippen LogP contribution < -0.4 is 5.32 Å². The molecule has 0 heterocycles. The van der Waals surface area contributed by atoms with E-state index in [-0.39, 0.29) is 17.6 Å². The lowest BCUT2D eigenvalue weighted by Gasteiger charge is -2.29. The molecule has 2 amide bonds. The fraction of sp³-hybridized carbons (Fsp3) is 0.391. The Bertz CT molecular complexity index is 894. The van der Waals surface area contributed by atoms with Crippen LogP contribution in [0.4, 0.5) is 0 Å². The largest absolute Gasteiger partial charge is 0.354 e. The second-order valence-electron chi connectivity index (χ2n) is 7.69. The highest BCUT2D eigenvalue weighted by Crippen LogP contribution is 2.25. The highest BCUT2D eigenvalue weighted by Gasteiger charge is 2.26. The Morgan fingerprint density at radius 2 is 1.77 bits per heavy atom. The summed E-state index contributed by atoms with van der Waals surface area (Å²) in [5.74, 6) is 0.931. The molecule has 0 bridgehead atoms. The summed E-state index contributed by atoms with van der Waals surface area (Å²) in [7, 11) is 0. The minimum atomic E-state index is -0.574. The molecule has 0 aliphatic heterocycles. The first-order valence-electron chi connectivity index (χ1n) is 10.0. The quantitative estimate of drug-likeness (QED) is 0.388. The van der Waals surface area contributed by atoms with Gasteiger partial charge in [0.1, 0.15) is 6.04 Å². The highest BCUT2D eigenvalue weighted by molar-refractivity contribution is 9.10. The van der Waals surface area contributed by atoms with Crippen LogP contribution in [0.1, 0.15) is 31.9 Å². The molecular formula is C23H27BrCl2N2O2S. The maximum Gasteiger partial charge on any atom is 0.242 e. The van der Waals surface area contributed by atoms with Crippen LogP contribution in [0.3, 0.4) is 0 Å². The lowest BCUT2D eigenvalue weighted by molar-refractivity contribution is -0.138. The standard InChI is InChI=1S/C23H27BrCl2N2O2S/c1-15(2)11-27-23(30)16(3)28(12-17-4-7-19(24)8-5-17)22(29)14-31-13-18-6-9-20(25)10-21(18)26/h4-10,15-16H,11-14H2,1-3H3,(H,27,30)/t16-/m0/s1. The summed E-state index contributed by atoms with van der Waals surface area (Å²) in [6.07, 6.45) is 0. The van der Waals surface area contributed by atoms with Crippen molar-refractivity contribution in [2.45, 2.75) is 39.1 Å². The summed E-state index contributed by atoms with van der Waals surface area (Å²) in [6, 6.07) is 12.5. The summed E-state index contributed by atoms with van der Waals surface area (Å²) in [5, 5.41) is 4.09. The van der Waals surface area contributed by atoms with E-state index in [9.17, 15) is 9.59 Å². The topological polar surface area (TPSA) is 49.4 Å². The smallest absolute Gasteiger partial charge is 0.242 e. The fourth-order valence-corrected chi connectivity index (χ4v) is 4.52. The molecule has 0 aliphatic rings. The van der Waals surface area contributed by atoms with E-state index >= 15 is 0 Å². The number of carbonyl (C=O) groups is 2. The monoisotopic (exact) mass is 544 g/mol. The fourth-order valence-electron chi connectivity index (χ4n) is 2.79. The maximum absolute atomic E-state index is 13.1. The predicted molar refractivity (Wildman–Crippen MR) is 135 cm³/mol. The first-order chi connectivity index (χ1) is 14.7. The summed E-state index contributed by atoms with van der Waals surface area (Å²) in [6.45, 7) is 6.79. The molecule has 0 unspecified atom stereocenters. The van der Waals surface area contributed by atoms with Gasteiger partial charge in [0, 0.05) is 33.4 Å². The van der Waals surface area contributed by atoms with Crippen molar-refractivity contribution in [1.29, 1.82) is 0 Å². The Morgan fingerprint density at radius 1 is 1.10 bits per heavy atom. The third-order valence-electron chi connectivity index (χ3n) is 4.62. The number of carbonyl (C=O) groups excluding carboxylic acids is 2. The Hall–Kier alpha value is -1.21. The van der Waals surface area contributed by atoms with Crippen LogP contribution in [0.25, 0.3) is 0 Å². The van der Waals surface area contributed by atoms with Crippen molar-refractivity contribution in [3.63, 3.8) is 0 Å². The number of benzene rings is 2. The molecule has 31 heavy (non-hydrogen) atoms. The molecule has 8 heteroatoms.